The Morgan fingerprint density at radius 2 is 1.91 bits per heavy atom. The molecule has 1 heterocycles. The third kappa shape index (κ3) is 5.23. The maximum atomic E-state index is 12.5. The van der Waals surface area contributed by atoms with Crippen LogP contribution in [0.15, 0.2) is 0 Å². The zero-order valence-electron chi connectivity index (χ0n) is 14.4. The van der Waals surface area contributed by atoms with Crippen molar-refractivity contribution >= 4 is 34.8 Å². The number of imide groups is 1. The molecule has 130 valence electrons. The highest BCUT2D eigenvalue weighted by molar-refractivity contribution is 8.13. The standard InChI is InChI=1S/C15H24N2O5S/c1-9(8-23-10(2)18)12(19)17-11(7-16(6)14(17)21)13(20)22-15(3,4)5/h9,11H,7-8H2,1-6H3/t9-,11+/m1/s1. The number of likely N-dealkylation sites (N-methyl/N-ethyl adjacent to an activating group) is 1. The second-order valence-electron chi connectivity index (χ2n) is 6.62. The number of nitrogens with zero attached hydrogens (tertiary/aromatic N) is 2. The van der Waals surface area contributed by atoms with Gasteiger partial charge in [-0.3, -0.25) is 9.59 Å². The number of carbonyl (C=O) groups excluding carboxylic acids is 4. The van der Waals surface area contributed by atoms with Crippen LogP contribution < -0.4 is 0 Å². The van der Waals surface area contributed by atoms with Crippen molar-refractivity contribution in [1.29, 1.82) is 0 Å². The summed E-state index contributed by atoms with van der Waals surface area (Å²) in [6, 6.07) is -1.48. The monoisotopic (exact) mass is 344 g/mol. The lowest BCUT2D eigenvalue weighted by Gasteiger charge is -2.26. The Morgan fingerprint density at radius 3 is 2.39 bits per heavy atom. The molecular weight excluding hydrogens is 320 g/mol. The minimum Gasteiger partial charge on any atom is -0.458 e. The number of rotatable bonds is 4. The average Bonchev–Trinajstić information content (AvgIpc) is 2.69. The van der Waals surface area contributed by atoms with Crippen molar-refractivity contribution in [3.05, 3.63) is 0 Å². The van der Waals surface area contributed by atoms with Crippen LogP contribution >= 0.6 is 11.8 Å². The fourth-order valence-electron chi connectivity index (χ4n) is 2.09. The smallest absolute Gasteiger partial charge is 0.331 e. The molecule has 7 nitrogen and oxygen atoms in total. The Labute approximate surface area is 140 Å². The van der Waals surface area contributed by atoms with Gasteiger partial charge in [-0.25, -0.2) is 14.5 Å². The minimum absolute atomic E-state index is 0.0989. The molecule has 0 aliphatic carbocycles. The predicted octanol–water partition coefficient (Wildman–Crippen LogP) is 1.51. The molecule has 0 N–H and O–H groups in total. The number of ether oxygens (including phenoxy) is 1. The second-order valence-corrected chi connectivity index (χ2v) is 7.82. The number of hydrogen-bond acceptors (Lipinski definition) is 6. The Hall–Kier alpha value is -1.57. The summed E-state index contributed by atoms with van der Waals surface area (Å²) in [5.41, 5.74) is -0.702. The summed E-state index contributed by atoms with van der Waals surface area (Å²) in [6.07, 6.45) is 0. The lowest BCUT2D eigenvalue weighted by Crippen LogP contribution is -2.48. The van der Waals surface area contributed by atoms with Crippen molar-refractivity contribution in [3.8, 4) is 0 Å². The highest BCUT2D eigenvalue weighted by Gasteiger charge is 2.46. The van der Waals surface area contributed by atoms with Crippen LogP contribution in [0.3, 0.4) is 0 Å². The Bertz CT molecular complexity index is 514. The van der Waals surface area contributed by atoms with Crippen molar-refractivity contribution in [2.45, 2.75) is 46.3 Å². The molecule has 23 heavy (non-hydrogen) atoms. The van der Waals surface area contributed by atoms with Crippen LogP contribution in [0.4, 0.5) is 4.79 Å². The number of urea groups is 1. The van der Waals surface area contributed by atoms with E-state index >= 15 is 0 Å². The molecule has 0 aromatic heterocycles. The summed E-state index contributed by atoms with van der Waals surface area (Å²) in [5.74, 6) is -1.36. The molecule has 0 saturated carbocycles. The van der Waals surface area contributed by atoms with Gasteiger partial charge in [0, 0.05) is 25.6 Å². The van der Waals surface area contributed by atoms with E-state index in [1.54, 1.807) is 27.7 Å². The highest BCUT2D eigenvalue weighted by Crippen LogP contribution is 2.22. The molecule has 0 unspecified atom stereocenters. The first kappa shape index (κ1) is 19.5. The van der Waals surface area contributed by atoms with Crippen LogP contribution in [0.25, 0.3) is 0 Å². The van der Waals surface area contributed by atoms with E-state index in [2.05, 4.69) is 0 Å². The zero-order valence-corrected chi connectivity index (χ0v) is 15.2. The van der Waals surface area contributed by atoms with Crippen molar-refractivity contribution in [3.63, 3.8) is 0 Å². The molecule has 1 aliphatic rings. The maximum Gasteiger partial charge on any atom is 0.331 e. The van der Waals surface area contributed by atoms with Gasteiger partial charge < -0.3 is 9.64 Å². The summed E-state index contributed by atoms with van der Waals surface area (Å²) < 4.78 is 5.31. The van der Waals surface area contributed by atoms with Gasteiger partial charge in [0.2, 0.25) is 5.91 Å². The van der Waals surface area contributed by atoms with E-state index in [9.17, 15) is 19.2 Å². The highest BCUT2D eigenvalue weighted by atomic mass is 32.2. The molecule has 0 bridgehead atoms. The number of thioether (sulfide) groups is 1. The molecule has 0 radical (unpaired) electrons. The van der Waals surface area contributed by atoms with Crippen LogP contribution in [0, 0.1) is 5.92 Å². The van der Waals surface area contributed by atoms with Gasteiger partial charge in [0.1, 0.15) is 5.60 Å². The third-order valence-corrected chi connectivity index (χ3v) is 4.24. The molecule has 2 atom stereocenters. The molecule has 8 heteroatoms. The van der Waals surface area contributed by atoms with E-state index in [-0.39, 0.29) is 17.4 Å². The molecule has 0 aromatic carbocycles. The number of amides is 3. The SMILES string of the molecule is CC(=O)SC[C@@H](C)C(=O)N1C(=O)N(C)C[C@H]1C(=O)OC(C)(C)C. The third-order valence-electron chi connectivity index (χ3n) is 3.17. The van der Waals surface area contributed by atoms with E-state index in [1.165, 1.54) is 18.9 Å². The first-order valence-electron chi connectivity index (χ1n) is 7.38. The molecular formula is C15H24N2O5S. The molecule has 1 fully saturated rings. The summed E-state index contributed by atoms with van der Waals surface area (Å²) in [7, 11) is 1.53. The topological polar surface area (TPSA) is 84.0 Å². The maximum absolute atomic E-state index is 12.5. The van der Waals surface area contributed by atoms with E-state index in [4.69, 9.17) is 4.74 Å². The van der Waals surface area contributed by atoms with Crippen molar-refractivity contribution in [2.75, 3.05) is 19.3 Å². The van der Waals surface area contributed by atoms with E-state index in [0.717, 1.165) is 16.7 Å². The van der Waals surface area contributed by atoms with Gasteiger partial charge in [0.15, 0.2) is 11.2 Å². The predicted molar refractivity (Wildman–Crippen MR) is 86.8 cm³/mol. The van der Waals surface area contributed by atoms with E-state index in [1.807, 2.05) is 0 Å². The van der Waals surface area contributed by atoms with Gasteiger partial charge in [-0.05, 0) is 20.8 Å². The Kier molecular flexibility index (Phi) is 6.21. The van der Waals surface area contributed by atoms with Gasteiger partial charge in [-0.2, -0.15) is 0 Å². The Morgan fingerprint density at radius 1 is 1.35 bits per heavy atom. The lowest BCUT2D eigenvalue weighted by atomic mass is 10.1. The van der Waals surface area contributed by atoms with Crippen LogP contribution in [0.5, 0.6) is 0 Å². The summed E-state index contributed by atoms with van der Waals surface area (Å²) >= 11 is 1.02. The molecule has 3 amide bonds. The molecule has 1 aliphatic heterocycles. The van der Waals surface area contributed by atoms with Crippen LogP contribution in [-0.4, -0.2) is 63.8 Å². The van der Waals surface area contributed by atoms with Gasteiger partial charge >= 0.3 is 12.0 Å². The molecule has 1 rings (SSSR count). The Balaban J connectivity index is 2.90. The van der Waals surface area contributed by atoms with Gasteiger partial charge in [0.05, 0.1) is 6.54 Å². The molecule has 0 aromatic rings. The van der Waals surface area contributed by atoms with Crippen molar-refractivity contribution in [2.24, 2.45) is 5.92 Å². The second kappa shape index (κ2) is 7.33. The fraction of sp³-hybridized carbons (Fsp3) is 0.733. The summed E-state index contributed by atoms with van der Waals surface area (Å²) in [4.78, 5) is 50.4. The van der Waals surface area contributed by atoms with Crippen LogP contribution in [-0.2, 0) is 19.1 Å². The van der Waals surface area contributed by atoms with Gasteiger partial charge in [-0.15, -0.1) is 0 Å². The number of hydrogen-bond donors (Lipinski definition) is 0. The van der Waals surface area contributed by atoms with Crippen LogP contribution in [0.1, 0.15) is 34.6 Å². The number of carbonyl (C=O) groups is 4. The first-order valence-corrected chi connectivity index (χ1v) is 8.37. The molecule has 0 spiro atoms. The average molecular weight is 344 g/mol. The van der Waals surface area contributed by atoms with E-state index in [0.29, 0.717) is 0 Å². The van der Waals surface area contributed by atoms with Crippen LogP contribution in [0.2, 0.25) is 0 Å². The quantitative estimate of drug-likeness (QED) is 0.719. The normalized spacial score (nSPS) is 19.7. The summed E-state index contributed by atoms with van der Waals surface area (Å²) in [5, 5.41) is -0.0989. The summed E-state index contributed by atoms with van der Waals surface area (Å²) in [6.45, 7) is 8.33. The zero-order chi connectivity index (χ0) is 17.9. The number of esters is 1. The van der Waals surface area contributed by atoms with Gasteiger partial charge in [-0.1, -0.05) is 18.7 Å². The first-order chi connectivity index (χ1) is 10.4. The van der Waals surface area contributed by atoms with Crippen molar-refractivity contribution in [1.82, 2.24) is 9.80 Å². The fourth-order valence-corrected chi connectivity index (χ4v) is 2.71. The lowest BCUT2D eigenvalue weighted by molar-refractivity contribution is -0.162. The molecule has 1 saturated heterocycles. The van der Waals surface area contributed by atoms with Crippen molar-refractivity contribution < 1.29 is 23.9 Å². The minimum atomic E-state index is -0.955. The van der Waals surface area contributed by atoms with E-state index < -0.39 is 35.5 Å². The largest absolute Gasteiger partial charge is 0.458 e. The van der Waals surface area contributed by atoms with Gasteiger partial charge in [0.25, 0.3) is 0 Å².